The molecule has 1 aromatic rings. The number of ether oxygens (including phenoxy) is 2. The van der Waals surface area contributed by atoms with Crippen molar-refractivity contribution in [3.05, 3.63) is 22.2 Å². The van der Waals surface area contributed by atoms with Gasteiger partial charge in [-0.15, -0.1) is 0 Å². The van der Waals surface area contributed by atoms with Crippen LogP contribution >= 0.6 is 15.9 Å². The Labute approximate surface area is 130 Å². The number of nitrogens with one attached hydrogen (secondary N) is 1. The molecule has 1 aliphatic rings. The van der Waals surface area contributed by atoms with Crippen molar-refractivity contribution in [2.24, 2.45) is 5.92 Å². The zero-order chi connectivity index (χ0) is 14.5. The number of methoxy groups -OCH3 is 2. The van der Waals surface area contributed by atoms with E-state index in [2.05, 4.69) is 28.2 Å². The summed E-state index contributed by atoms with van der Waals surface area (Å²) in [4.78, 5) is 0. The van der Waals surface area contributed by atoms with E-state index in [0.717, 1.165) is 28.4 Å². The predicted octanol–water partition coefficient (Wildman–Crippen LogP) is 4.13. The maximum absolute atomic E-state index is 5.37. The highest BCUT2D eigenvalue weighted by Crippen LogP contribution is 2.35. The van der Waals surface area contributed by atoms with Crippen LogP contribution in [0.5, 0.6) is 11.5 Å². The first-order chi connectivity index (χ1) is 9.67. The Morgan fingerprint density at radius 1 is 1.25 bits per heavy atom. The van der Waals surface area contributed by atoms with E-state index in [1.807, 2.05) is 12.1 Å². The molecule has 0 aromatic heterocycles. The largest absolute Gasteiger partial charge is 0.493 e. The molecule has 20 heavy (non-hydrogen) atoms. The first-order valence-corrected chi connectivity index (χ1v) is 8.11. The molecule has 1 saturated carbocycles. The van der Waals surface area contributed by atoms with Crippen molar-refractivity contribution in [1.82, 2.24) is 5.32 Å². The summed E-state index contributed by atoms with van der Waals surface area (Å²) in [6.45, 7) is 3.11. The first kappa shape index (κ1) is 15.6. The fraction of sp³-hybridized carbons (Fsp3) is 0.625. The molecule has 2 rings (SSSR count). The lowest BCUT2D eigenvalue weighted by Crippen LogP contribution is -2.28. The normalized spacial score (nSPS) is 16.0. The molecule has 1 fully saturated rings. The third-order valence-electron chi connectivity index (χ3n) is 3.94. The van der Waals surface area contributed by atoms with Gasteiger partial charge in [0, 0.05) is 17.1 Å². The third-order valence-corrected chi connectivity index (χ3v) is 4.68. The molecule has 1 unspecified atom stereocenters. The summed E-state index contributed by atoms with van der Waals surface area (Å²) >= 11 is 3.61. The second kappa shape index (κ2) is 7.32. The molecule has 0 saturated heterocycles. The van der Waals surface area contributed by atoms with Crippen molar-refractivity contribution >= 4 is 15.9 Å². The molecule has 0 amide bonds. The number of hydrogen-bond donors (Lipinski definition) is 1. The van der Waals surface area contributed by atoms with E-state index in [-0.39, 0.29) is 0 Å². The SMILES string of the molecule is CCC(CC1CC1)NCc1cc(OC)c(OC)cc1Br. The first-order valence-electron chi connectivity index (χ1n) is 7.31. The predicted molar refractivity (Wildman–Crippen MR) is 85.5 cm³/mol. The zero-order valence-electron chi connectivity index (χ0n) is 12.5. The van der Waals surface area contributed by atoms with Gasteiger partial charge in [-0.25, -0.2) is 0 Å². The molecule has 0 heterocycles. The van der Waals surface area contributed by atoms with Gasteiger partial charge in [0.2, 0.25) is 0 Å². The van der Waals surface area contributed by atoms with Crippen LogP contribution in [0.4, 0.5) is 0 Å². The van der Waals surface area contributed by atoms with Crippen molar-refractivity contribution in [3.8, 4) is 11.5 Å². The highest BCUT2D eigenvalue weighted by atomic mass is 79.9. The van der Waals surface area contributed by atoms with E-state index >= 15 is 0 Å². The van der Waals surface area contributed by atoms with Crippen LogP contribution in [-0.4, -0.2) is 20.3 Å². The Balaban J connectivity index is 2.00. The summed E-state index contributed by atoms with van der Waals surface area (Å²) in [5.74, 6) is 2.50. The quantitative estimate of drug-likeness (QED) is 0.770. The smallest absolute Gasteiger partial charge is 0.161 e. The second-order valence-electron chi connectivity index (χ2n) is 5.46. The van der Waals surface area contributed by atoms with Crippen LogP contribution < -0.4 is 14.8 Å². The average Bonchev–Trinajstić information content (AvgIpc) is 3.27. The summed E-state index contributed by atoms with van der Waals surface area (Å²) in [5.41, 5.74) is 1.21. The summed E-state index contributed by atoms with van der Waals surface area (Å²) < 4.78 is 11.7. The summed E-state index contributed by atoms with van der Waals surface area (Å²) in [5, 5.41) is 3.66. The van der Waals surface area contributed by atoms with Gasteiger partial charge in [0.25, 0.3) is 0 Å². The zero-order valence-corrected chi connectivity index (χ0v) is 14.1. The molecule has 1 aliphatic carbocycles. The van der Waals surface area contributed by atoms with E-state index in [1.54, 1.807) is 14.2 Å². The second-order valence-corrected chi connectivity index (χ2v) is 6.32. The fourth-order valence-electron chi connectivity index (χ4n) is 2.44. The highest BCUT2D eigenvalue weighted by Gasteiger charge is 2.24. The molecule has 0 spiro atoms. The number of hydrogen-bond acceptors (Lipinski definition) is 3. The molecule has 3 nitrogen and oxygen atoms in total. The van der Waals surface area contributed by atoms with Gasteiger partial charge in [0.05, 0.1) is 14.2 Å². The van der Waals surface area contributed by atoms with Crippen LogP contribution in [0.25, 0.3) is 0 Å². The Morgan fingerprint density at radius 3 is 2.45 bits per heavy atom. The van der Waals surface area contributed by atoms with Gasteiger partial charge >= 0.3 is 0 Å². The maximum Gasteiger partial charge on any atom is 0.161 e. The number of halogens is 1. The van der Waals surface area contributed by atoms with Gasteiger partial charge in [0.15, 0.2) is 11.5 Å². The molecule has 1 N–H and O–H groups in total. The molecule has 4 heteroatoms. The van der Waals surface area contributed by atoms with Gasteiger partial charge < -0.3 is 14.8 Å². The lowest BCUT2D eigenvalue weighted by molar-refractivity contribution is 0.353. The van der Waals surface area contributed by atoms with Crippen LogP contribution in [0.1, 0.15) is 38.2 Å². The van der Waals surface area contributed by atoms with E-state index in [9.17, 15) is 0 Å². The van der Waals surface area contributed by atoms with Crippen LogP contribution in [0.3, 0.4) is 0 Å². The molecule has 112 valence electrons. The number of benzene rings is 1. The van der Waals surface area contributed by atoms with Gasteiger partial charge in [-0.1, -0.05) is 35.7 Å². The summed E-state index contributed by atoms with van der Waals surface area (Å²) in [6.07, 6.45) is 5.32. The Morgan fingerprint density at radius 2 is 1.90 bits per heavy atom. The Kier molecular flexibility index (Phi) is 5.73. The maximum atomic E-state index is 5.37. The minimum atomic E-state index is 0.613. The van der Waals surface area contributed by atoms with Crippen LogP contribution in [0.2, 0.25) is 0 Å². The van der Waals surface area contributed by atoms with Crippen LogP contribution in [0, 0.1) is 5.92 Å². The minimum absolute atomic E-state index is 0.613. The highest BCUT2D eigenvalue weighted by molar-refractivity contribution is 9.10. The minimum Gasteiger partial charge on any atom is -0.493 e. The fourth-order valence-corrected chi connectivity index (χ4v) is 2.90. The Bertz CT molecular complexity index is 446. The van der Waals surface area contributed by atoms with E-state index in [4.69, 9.17) is 9.47 Å². The van der Waals surface area contributed by atoms with E-state index in [0.29, 0.717) is 6.04 Å². The summed E-state index contributed by atoms with van der Waals surface area (Å²) in [6, 6.07) is 4.62. The standard InChI is InChI=1S/C16H24BrNO2/c1-4-13(7-11-5-6-11)18-10-12-8-15(19-2)16(20-3)9-14(12)17/h8-9,11,13,18H,4-7,10H2,1-3H3. The van der Waals surface area contributed by atoms with Crippen molar-refractivity contribution in [3.63, 3.8) is 0 Å². The third kappa shape index (κ3) is 4.13. The number of rotatable bonds is 8. The van der Waals surface area contributed by atoms with Crippen molar-refractivity contribution < 1.29 is 9.47 Å². The van der Waals surface area contributed by atoms with Crippen molar-refractivity contribution in [1.29, 1.82) is 0 Å². The topological polar surface area (TPSA) is 30.5 Å². The van der Waals surface area contributed by atoms with E-state index < -0.39 is 0 Å². The average molecular weight is 342 g/mol. The van der Waals surface area contributed by atoms with Gasteiger partial charge in [-0.3, -0.25) is 0 Å². The van der Waals surface area contributed by atoms with Gasteiger partial charge in [-0.05, 0) is 36.5 Å². The lowest BCUT2D eigenvalue weighted by atomic mass is 10.1. The molecular formula is C16H24BrNO2. The molecular weight excluding hydrogens is 318 g/mol. The summed E-state index contributed by atoms with van der Waals surface area (Å²) in [7, 11) is 3.33. The molecule has 0 aliphatic heterocycles. The van der Waals surface area contributed by atoms with Gasteiger partial charge in [0.1, 0.15) is 0 Å². The molecule has 1 atom stereocenters. The molecule has 1 aromatic carbocycles. The Hall–Kier alpha value is -0.740. The van der Waals surface area contributed by atoms with Crippen molar-refractivity contribution in [2.45, 2.75) is 45.2 Å². The van der Waals surface area contributed by atoms with E-state index in [1.165, 1.54) is 31.2 Å². The molecule has 0 radical (unpaired) electrons. The van der Waals surface area contributed by atoms with Crippen LogP contribution in [0.15, 0.2) is 16.6 Å². The van der Waals surface area contributed by atoms with Crippen molar-refractivity contribution in [2.75, 3.05) is 14.2 Å². The monoisotopic (exact) mass is 341 g/mol. The van der Waals surface area contributed by atoms with Crippen LogP contribution in [-0.2, 0) is 6.54 Å². The van der Waals surface area contributed by atoms with Gasteiger partial charge in [-0.2, -0.15) is 0 Å². The lowest BCUT2D eigenvalue weighted by Gasteiger charge is -2.18. The molecule has 0 bridgehead atoms.